The first kappa shape index (κ1) is 33.3. The van der Waals surface area contributed by atoms with Gasteiger partial charge in [-0.05, 0) is 67.9 Å². The summed E-state index contributed by atoms with van der Waals surface area (Å²) in [6.07, 6.45) is 4.18. The third-order valence-corrected chi connectivity index (χ3v) is 14.1. The third kappa shape index (κ3) is 5.18. The van der Waals surface area contributed by atoms with Gasteiger partial charge in [0, 0.05) is 27.8 Å². The van der Waals surface area contributed by atoms with Crippen molar-refractivity contribution in [3.05, 3.63) is 176 Å². The lowest BCUT2D eigenvalue weighted by atomic mass is 9.69. The highest BCUT2D eigenvalue weighted by Gasteiger charge is 2.47. The number of nitrogens with zero attached hydrogens (tertiary/aromatic N) is 5. The Labute approximate surface area is 323 Å². The van der Waals surface area contributed by atoms with Gasteiger partial charge in [0.15, 0.2) is 23.5 Å². The molecule has 2 aliphatic heterocycles. The fourth-order valence-corrected chi connectivity index (χ4v) is 11.3. The average Bonchev–Trinajstić information content (AvgIpc) is 3.26. The average molecular weight is 729 g/mol. The van der Waals surface area contributed by atoms with Crippen LogP contribution in [-0.2, 0) is 5.41 Å². The molecule has 0 fully saturated rings. The van der Waals surface area contributed by atoms with Crippen molar-refractivity contribution in [1.29, 1.82) is 0 Å². The lowest BCUT2D eigenvalue weighted by Gasteiger charge is -2.38. The Morgan fingerprint density at radius 1 is 0.618 bits per heavy atom. The van der Waals surface area contributed by atoms with Gasteiger partial charge >= 0.3 is 0 Å². The molecule has 0 aliphatic carbocycles. The molecule has 0 atom stereocenters. The summed E-state index contributed by atoms with van der Waals surface area (Å²) in [6, 6.07) is 56.3. The molecule has 4 heterocycles. The van der Waals surface area contributed by atoms with Crippen LogP contribution in [0.15, 0.2) is 171 Å². The predicted molar refractivity (Wildman–Crippen MR) is 228 cm³/mol. The van der Waals surface area contributed by atoms with Gasteiger partial charge in [-0.25, -0.2) is 4.98 Å². The second kappa shape index (κ2) is 13.2. The van der Waals surface area contributed by atoms with Crippen LogP contribution in [0.5, 0.6) is 0 Å². The Kier molecular flexibility index (Phi) is 8.01. The minimum Gasteiger partial charge on any atom is -0.278 e. The maximum Gasteiger partial charge on any atom is 0.238 e. The molecule has 0 amide bonds. The molecule has 5 nitrogen and oxygen atoms in total. The van der Waals surface area contributed by atoms with Crippen LogP contribution in [0.1, 0.15) is 32.3 Å². The Morgan fingerprint density at radius 2 is 1.18 bits per heavy atom. The predicted octanol–water partition coefficient (Wildman–Crippen LogP) is 10.4. The highest BCUT2D eigenvalue weighted by molar-refractivity contribution is 7.80. The number of fused-ring (bicyclic) bond motifs is 7. The molecule has 264 valence electrons. The Hall–Kier alpha value is -6.29. The number of hydrogen-bond acceptors (Lipinski definition) is 4. The number of anilines is 3. The number of para-hydroxylation sites is 2. The van der Waals surface area contributed by atoms with E-state index in [0.717, 1.165) is 41.0 Å². The molecule has 0 bridgehead atoms. The number of rotatable bonds is 6. The second-order valence-electron chi connectivity index (χ2n) is 14.3. The van der Waals surface area contributed by atoms with Crippen LogP contribution >= 0.6 is 7.92 Å². The molecule has 0 saturated heterocycles. The molecule has 55 heavy (non-hydrogen) atoms. The Balaban J connectivity index is 1.20. The van der Waals surface area contributed by atoms with Crippen molar-refractivity contribution in [2.75, 3.05) is 4.90 Å². The van der Waals surface area contributed by atoms with E-state index in [1.165, 1.54) is 43.5 Å². The molecule has 10 rings (SSSR count). The minimum absolute atomic E-state index is 0.161. The van der Waals surface area contributed by atoms with Gasteiger partial charge in [-0.3, -0.25) is 4.90 Å². The summed E-state index contributed by atoms with van der Waals surface area (Å²) >= 11 is 0. The number of aromatic nitrogens is 4. The van der Waals surface area contributed by atoms with Gasteiger partial charge in [0.2, 0.25) is 11.6 Å². The number of pyridine rings is 1. The summed E-state index contributed by atoms with van der Waals surface area (Å²) in [4.78, 5) is 17.6. The summed E-state index contributed by atoms with van der Waals surface area (Å²) in [5, 5.41) is 6.32. The third-order valence-electron chi connectivity index (χ3n) is 11.6. The van der Waals surface area contributed by atoms with Crippen LogP contribution in [0.25, 0.3) is 50.5 Å². The van der Waals surface area contributed by atoms with Crippen LogP contribution in [0.2, 0.25) is 0 Å². The molecule has 0 N–H and O–H groups in total. The Morgan fingerprint density at radius 3 is 1.80 bits per heavy atom. The van der Waals surface area contributed by atoms with Crippen molar-refractivity contribution in [2.24, 2.45) is 0 Å². The molecule has 0 radical (unpaired) electrons. The largest absolute Gasteiger partial charge is 0.278 e. The summed E-state index contributed by atoms with van der Waals surface area (Å²) in [7, 11) is -0.961. The zero-order chi connectivity index (χ0) is 37.1. The molecule has 0 saturated carbocycles. The van der Waals surface area contributed by atoms with E-state index in [4.69, 9.17) is 21.5 Å². The molecule has 8 aromatic rings. The Bertz CT molecular complexity index is 2670. The maximum absolute atomic E-state index is 5.20. The number of benzene rings is 6. The van der Waals surface area contributed by atoms with Crippen molar-refractivity contribution < 1.29 is 4.57 Å². The van der Waals surface area contributed by atoms with Crippen LogP contribution in [0, 0.1) is 0 Å². The zero-order valence-corrected chi connectivity index (χ0v) is 31.8. The van der Waals surface area contributed by atoms with Gasteiger partial charge in [-0.15, -0.1) is 0 Å². The van der Waals surface area contributed by atoms with Crippen molar-refractivity contribution in [2.45, 2.75) is 32.1 Å². The second-order valence-corrected chi connectivity index (χ2v) is 16.4. The van der Waals surface area contributed by atoms with Gasteiger partial charge in [0.05, 0.1) is 27.7 Å². The molecule has 6 heteroatoms. The van der Waals surface area contributed by atoms with E-state index >= 15 is 0 Å². The van der Waals surface area contributed by atoms with E-state index in [-0.39, 0.29) is 5.41 Å². The summed E-state index contributed by atoms with van der Waals surface area (Å²) < 4.78 is 2.37. The highest BCUT2D eigenvalue weighted by Crippen LogP contribution is 2.51. The first-order chi connectivity index (χ1) is 27.1. The van der Waals surface area contributed by atoms with E-state index in [9.17, 15) is 0 Å². The van der Waals surface area contributed by atoms with Gasteiger partial charge < -0.3 is 0 Å². The maximum atomic E-state index is 5.20. The molecular weight excluding hydrogens is 690 g/mol. The van der Waals surface area contributed by atoms with Crippen molar-refractivity contribution in [3.63, 3.8) is 0 Å². The van der Waals surface area contributed by atoms with Crippen molar-refractivity contribution >= 4 is 57.6 Å². The topological polar surface area (TPSA) is 45.8 Å². The first-order valence-electron chi connectivity index (χ1n) is 19.0. The normalized spacial score (nSPS) is 14.2. The molecule has 0 spiro atoms. The van der Waals surface area contributed by atoms with Crippen molar-refractivity contribution in [3.8, 4) is 34.0 Å². The monoisotopic (exact) mass is 728 g/mol. The van der Waals surface area contributed by atoms with E-state index < -0.39 is 7.92 Å². The van der Waals surface area contributed by atoms with Gasteiger partial charge in [0.1, 0.15) is 0 Å². The van der Waals surface area contributed by atoms with Gasteiger partial charge in [-0.1, -0.05) is 141 Å². The van der Waals surface area contributed by atoms with Crippen LogP contribution < -0.4 is 25.4 Å². The van der Waals surface area contributed by atoms with E-state index in [1.807, 2.05) is 36.4 Å². The van der Waals surface area contributed by atoms with Gasteiger partial charge in [0.25, 0.3) is 0 Å². The standard InChI is InChI=1S/C49H39N5P/c1-4-49(5-2)33(3)53-31-30-34-18-12-13-23-38(34)45(53)39-32-37(28-29-40(39)49)55-43-26-16-14-24-41(43)54(42-25-15-17-27-44(42)55)48-51-46(35-19-8-6-9-20-35)50-47(52-48)36-21-10-7-11-22-36/h6-32H,3-5H2,1-2H3/q+1. The van der Waals surface area contributed by atoms with Crippen LogP contribution in [-0.4, -0.2) is 15.0 Å². The fourth-order valence-electron chi connectivity index (χ4n) is 8.76. The quantitative estimate of drug-likeness (QED) is 0.126. The summed E-state index contributed by atoms with van der Waals surface area (Å²) in [6.45, 7) is 9.37. The van der Waals surface area contributed by atoms with Crippen LogP contribution in [0.3, 0.4) is 0 Å². The molecule has 6 aromatic carbocycles. The highest BCUT2D eigenvalue weighted by atomic mass is 31.1. The minimum atomic E-state index is -0.961. The van der Waals surface area contributed by atoms with E-state index in [2.05, 4.69) is 151 Å². The van der Waals surface area contributed by atoms with E-state index in [0.29, 0.717) is 17.6 Å². The van der Waals surface area contributed by atoms with Crippen LogP contribution in [0.4, 0.5) is 17.3 Å². The summed E-state index contributed by atoms with van der Waals surface area (Å²) in [5.74, 6) is 1.88. The SMILES string of the molecule is C=C1[n+]2ccc3ccccc3c2-c2cc(P3c4ccccc4N(c4nc(-c5ccccc5)nc(-c5ccccc5)n4)c4ccccc43)ccc2C1(CC)CC. The van der Waals surface area contributed by atoms with Gasteiger partial charge in [-0.2, -0.15) is 14.5 Å². The lowest BCUT2D eigenvalue weighted by Crippen LogP contribution is -2.49. The molecule has 2 aromatic heterocycles. The molecule has 2 aliphatic rings. The fraction of sp³-hybridized carbons (Fsp3) is 0.102. The number of hydrogen-bond donors (Lipinski definition) is 0. The zero-order valence-electron chi connectivity index (χ0n) is 30.9. The van der Waals surface area contributed by atoms with E-state index in [1.54, 1.807) is 0 Å². The summed E-state index contributed by atoms with van der Waals surface area (Å²) in [5.41, 5.74) is 8.93. The molecule has 0 unspecified atom stereocenters. The number of allylic oxidation sites excluding steroid dienone is 1. The smallest absolute Gasteiger partial charge is 0.238 e. The lowest BCUT2D eigenvalue weighted by molar-refractivity contribution is -0.576. The molecular formula is C49H39N5P+. The first-order valence-corrected chi connectivity index (χ1v) is 20.4. The van der Waals surface area contributed by atoms with Crippen molar-refractivity contribution in [1.82, 2.24) is 15.0 Å².